The van der Waals surface area contributed by atoms with E-state index in [4.69, 9.17) is 11.0 Å². The molecule has 0 radical (unpaired) electrons. The molecule has 2 rings (SSSR count). The number of fused-ring (bicyclic) bond motifs is 1. The van der Waals surface area contributed by atoms with E-state index in [9.17, 15) is 4.39 Å². The third-order valence-corrected chi connectivity index (χ3v) is 2.29. The van der Waals surface area contributed by atoms with Crippen molar-refractivity contribution in [1.29, 1.82) is 5.26 Å². The van der Waals surface area contributed by atoms with E-state index in [1.807, 2.05) is 6.07 Å². The number of hydrogen-bond donors (Lipinski definition) is 1. The van der Waals surface area contributed by atoms with Gasteiger partial charge < -0.3 is 5.73 Å². The molecule has 2 N–H and O–H groups in total. The maximum absolute atomic E-state index is 13.1. The van der Waals surface area contributed by atoms with E-state index < -0.39 is 0 Å². The zero-order valence-corrected chi connectivity index (χ0v) is 8.08. The number of nitriles is 1. The van der Waals surface area contributed by atoms with Gasteiger partial charge in [-0.2, -0.15) is 5.26 Å². The second kappa shape index (κ2) is 3.21. The minimum absolute atomic E-state index is 0.271. The summed E-state index contributed by atoms with van der Waals surface area (Å²) >= 11 is 0. The highest BCUT2D eigenvalue weighted by molar-refractivity contribution is 5.94. The summed E-state index contributed by atoms with van der Waals surface area (Å²) in [4.78, 5) is 4.08. The Morgan fingerprint density at radius 3 is 2.87 bits per heavy atom. The van der Waals surface area contributed by atoms with Crippen molar-refractivity contribution in [3.63, 3.8) is 0 Å². The van der Waals surface area contributed by atoms with Crippen LogP contribution in [0.4, 0.5) is 10.1 Å². The van der Waals surface area contributed by atoms with Gasteiger partial charge >= 0.3 is 0 Å². The van der Waals surface area contributed by atoms with Crippen LogP contribution in [0.15, 0.2) is 18.3 Å². The summed E-state index contributed by atoms with van der Waals surface area (Å²) in [6.07, 6.45) is 1.41. The van der Waals surface area contributed by atoms with Gasteiger partial charge in [0.25, 0.3) is 0 Å². The molecule has 0 atom stereocenters. The number of aromatic nitrogens is 1. The highest BCUT2D eigenvalue weighted by atomic mass is 19.1. The molecule has 4 heteroatoms. The highest BCUT2D eigenvalue weighted by Gasteiger charge is 2.08. The summed E-state index contributed by atoms with van der Waals surface area (Å²) in [5, 5.41) is 9.24. The molecule has 0 unspecified atom stereocenters. The summed E-state index contributed by atoms with van der Waals surface area (Å²) in [5.41, 5.74) is 7.63. The van der Waals surface area contributed by atoms with E-state index in [1.54, 1.807) is 6.92 Å². The average Bonchev–Trinajstić information content (AvgIpc) is 2.19. The topological polar surface area (TPSA) is 62.7 Å². The molecule has 0 fully saturated rings. The van der Waals surface area contributed by atoms with Crippen molar-refractivity contribution in [3.8, 4) is 6.07 Å². The lowest BCUT2D eigenvalue weighted by molar-refractivity contribution is 0.628. The minimum Gasteiger partial charge on any atom is -0.397 e. The zero-order chi connectivity index (χ0) is 11.0. The fourth-order valence-corrected chi connectivity index (χ4v) is 1.55. The minimum atomic E-state index is -0.372. The van der Waals surface area contributed by atoms with E-state index >= 15 is 0 Å². The smallest absolute Gasteiger partial charge is 0.124 e. The second-order valence-electron chi connectivity index (χ2n) is 3.32. The maximum Gasteiger partial charge on any atom is 0.124 e. The van der Waals surface area contributed by atoms with Crippen molar-refractivity contribution in [2.75, 3.05) is 5.73 Å². The largest absolute Gasteiger partial charge is 0.397 e. The Bertz CT molecular complexity index is 584. The van der Waals surface area contributed by atoms with Crippen LogP contribution >= 0.6 is 0 Å². The summed E-state index contributed by atoms with van der Waals surface area (Å²) in [5.74, 6) is -0.372. The molecule has 0 bridgehead atoms. The van der Waals surface area contributed by atoms with Crippen LogP contribution in [-0.2, 0) is 0 Å². The Hall–Kier alpha value is -2.15. The zero-order valence-electron chi connectivity index (χ0n) is 8.08. The molecule has 3 nitrogen and oxygen atoms in total. The Balaban J connectivity index is 2.94. The Labute approximate surface area is 86.0 Å². The normalized spacial score (nSPS) is 10.2. The lowest BCUT2D eigenvalue weighted by Gasteiger charge is -2.05. The molecule has 2 aromatic rings. The van der Waals surface area contributed by atoms with Crippen molar-refractivity contribution >= 4 is 16.6 Å². The molecule has 0 saturated heterocycles. The molecular weight excluding hydrogens is 193 g/mol. The van der Waals surface area contributed by atoms with Crippen molar-refractivity contribution in [1.82, 2.24) is 4.98 Å². The van der Waals surface area contributed by atoms with Crippen molar-refractivity contribution in [3.05, 3.63) is 35.3 Å². The van der Waals surface area contributed by atoms with Gasteiger partial charge in [0, 0.05) is 11.6 Å². The highest BCUT2D eigenvalue weighted by Crippen LogP contribution is 2.25. The van der Waals surface area contributed by atoms with Crippen LogP contribution in [0.25, 0.3) is 10.9 Å². The first-order valence-electron chi connectivity index (χ1n) is 4.38. The van der Waals surface area contributed by atoms with E-state index in [1.165, 1.54) is 18.3 Å². The van der Waals surface area contributed by atoms with Gasteiger partial charge in [0.15, 0.2) is 0 Å². The second-order valence-corrected chi connectivity index (χ2v) is 3.32. The number of benzene rings is 1. The quantitative estimate of drug-likeness (QED) is 0.710. The molecule has 0 saturated carbocycles. The van der Waals surface area contributed by atoms with E-state index in [0.717, 1.165) is 0 Å². The van der Waals surface area contributed by atoms with Gasteiger partial charge in [-0.15, -0.1) is 0 Å². The van der Waals surface area contributed by atoms with Crippen LogP contribution in [0.1, 0.15) is 11.1 Å². The lowest BCUT2D eigenvalue weighted by atomic mass is 10.1. The number of aryl methyl sites for hydroxylation is 1. The van der Waals surface area contributed by atoms with Gasteiger partial charge in [-0.25, -0.2) is 4.39 Å². The number of anilines is 1. The Morgan fingerprint density at radius 2 is 2.20 bits per heavy atom. The molecule has 0 aliphatic rings. The SMILES string of the molecule is Cc1cc(F)cc2c(N)c(C#N)cnc12. The van der Waals surface area contributed by atoms with Gasteiger partial charge in [0.05, 0.1) is 16.8 Å². The van der Waals surface area contributed by atoms with E-state index in [-0.39, 0.29) is 17.1 Å². The molecule has 1 heterocycles. The van der Waals surface area contributed by atoms with Gasteiger partial charge in [-0.3, -0.25) is 4.98 Å². The summed E-state index contributed by atoms with van der Waals surface area (Å²) in [6.45, 7) is 1.75. The maximum atomic E-state index is 13.1. The van der Waals surface area contributed by atoms with Crippen molar-refractivity contribution in [2.45, 2.75) is 6.92 Å². The third kappa shape index (κ3) is 1.38. The number of nitrogens with two attached hydrogens (primary N) is 1. The summed E-state index contributed by atoms with van der Waals surface area (Å²) < 4.78 is 13.1. The van der Waals surface area contributed by atoms with Gasteiger partial charge in [-0.1, -0.05) is 0 Å². The molecule has 1 aromatic heterocycles. The summed E-state index contributed by atoms with van der Waals surface area (Å²) in [6, 6.07) is 4.60. The number of pyridine rings is 1. The number of rotatable bonds is 0. The van der Waals surface area contributed by atoms with Crippen LogP contribution in [-0.4, -0.2) is 4.98 Å². The monoisotopic (exact) mass is 201 g/mol. The molecule has 0 aliphatic heterocycles. The number of hydrogen-bond acceptors (Lipinski definition) is 3. The Morgan fingerprint density at radius 1 is 1.47 bits per heavy atom. The third-order valence-electron chi connectivity index (χ3n) is 2.29. The van der Waals surface area contributed by atoms with Crippen LogP contribution in [0.3, 0.4) is 0 Å². The van der Waals surface area contributed by atoms with Crippen LogP contribution in [0.2, 0.25) is 0 Å². The van der Waals surface area contributed by atoms with E-state index in [0.29, 0.717) is 16.5 Å². The molecule has 74 valence electrons. The first-order chi connectivity index (χ1) is 7.13. The van der Waals surface area contributed by atoms with Crippen molar-refractivity contribution < 1.29 is 4.39 Å². The van der Waals surface area contributed by atoms with Crippen LogP contribution in [0.5, 0.6) is 0 Å². The van der Waals surface area contributed by atoms with Gasteiger partial charge in [0.2, 0.25) is 0 Å². The van der Waals surface area contributed by atoms with Crippen molar-refractivity contribution in [2.24, 2.45) is 0 Å². The molecule has 1 aromatic carbocycles. The lowest BCUT2D eigenvalue weighted by Crippen LogP contribution is -1.96. The fraction of sp³-hybridized carbons (Fsp3) is 0.0909. The van der Waals surface area contributed by atoms with Crippen LogP contribution < -0.4 is 5.73 Å². The fourth-order valence-electron chi connectivity index (χ4n) is 1.55. The molecule has 15 heavy (non-hydrogen) atoms. The average molecular weight is 201 g/mol. The standard InChI is InChI=1S/C11H8FN3/c1-6-2-8(12)3-9-10(14)7(4-13)5-15-11(6)9/h2-3,5H,1H3,(H2,14,15). The van der Waals surface area contributed by atoms with Gasteiger partial charge in [-0.05, 0) is 24.6 Å². The molecule has 0 spiro atoms. The van der Waals surface area contributed by atoms with E-state index in [2.05, 4.69) is 4.98 Å². The first-order valence-corrected chi connectivity index (χ1v) is 4.38. The predicted molar refractivity (Wildman–Crippen MR) is 55.6 cm³/mol. The number of nitrogens with zero attached hydrogens (tertiary/aromatic N) is 2. The predicted octanol–water partition coefficient (Wildman–Crippen LogP) is 2.14. The number of nitrogen functional groups attached to an aromatic ring is 1. The molecular formula is C11H8FN3. The first kappa shape index (κ1) is 9.41. The molecule has 0 amide bonds. The van der Waals surface area contributed by atoms with Gasteiger partial charge in [0.1, 0.15) is 11.9 Å². The van der Waals surface area contributed by atoms with Crippen LogP contribution in [0, 0.1) is 24.1 Å². The molecule has 0 aliphatic carbocycles. The Kier molecular flexibility index (Phi) is 2.01. The summed E-state index contributed by atoms with van der Waals surface area (Å²) in [7, 11) is 0. The number of halogens is 1.